The number of carbonyl (C=O) groups is 1. The fourth-order valence-corrected chi connectivity index (χ4v) is 2.34. The Balaban J connectivity index is 2.28. The molecule has 1 heterocycles. The van der Waals surface area contributed by atoms with E-state index in [1.54, 1.807) is 17.5 Å². The first-order chi connectivity index (χ1) is 7.29. The number of thiazole rings is 1. The van der Waals surface area contributed by atoms with E-state index in [1.807, 2.05) is 24.3 Å². The Kier molecular flexibility index (Phi) is 3.28. The van der Waals surface area contributed by atoms with Gasteiger partial charge in [-0.2, -0.15) is 0 Å². The van der Waals surface area contributed by atoms with Crippen molar-refractivity contribution in [1.82, 2.24) is 4.98 Å². The van der Waals surface area contributed by atoms with Gasteiger partial charge in [0.15, 0.2) is 0 Å². The normalized spacial score (nSPS) is 10.2. The van der Waals surface area contributed by atoms with Crippen molar-refractivity contribution in [2.45, 2.75) is 6.42 Å². The van der Waals surface area contributed by atoms with Gasteiger partial charge in [-0.3, -0.25) is 0 Å². The lowest BCUT2D eigenvalue weighted by Gasteiger charge is -1.95. The van der Waals surface area contributed by atoms with Crippen LogP contribution in [0.3, 0.4) is 0 Å². The maximum Gasteiger partial charge on any atom is 0.125 e. The van der Waals surface area contributed by atoms with E-state index in [0.717, 1.165) is 26.2 Å². The second kappa shape index (κ2) is 4.68. The lowest BCUT2D eigenvalue weighted by molar-refractivity contribution is -0.107. The predicted molar refractivity (Wildman–Crippen MR) is 65.0 cm³/mol. The molecule has 0 aliphatic rings. The van der Waals surface area contributed by atoms with Crippen LogP contribution in [0.4, 0.5) is 0 Å². The summed E-state index contributed by atoms with van der Waals surface area (Å²) >= 11 is 4.94. The number of aromatic nitrogens is 1. The Labute approximate surface area is 100 Å². The van der Waals surface area contributed by atoms with Crippen molar-refractivity contribution in [2.75, 3.05) is 0 Å². The molecule has 1 aromatic carbocycles. The van der Waals surface area contributed by atoms with Crippen molar-refractivity contribution in [2.24, 2.45) is 0 Å². The molecule has 0 aliphatic heterocycles. The molecule has 1 aromatic heterocycles. The van der Waals surface area contributed by atoms with Gasteiger partial charge >= 0.3 is 0 Å². The SMILES string of the molecule is O=CCc1cnc(-c2ccc(Br)cc2)s1. The van der Waals surface area contributed by atoms with Crippen LogP contribution in [0.5, 0.6) is 0 Å². The van der Waals surface area contributed by atoms with Gasteiger partial charge < -0.3 is 4.79 Å². The van der Waals surface area contributed by atoms with E-state index in [9.17, 15) is 4.79 Å². The number of hydrogen-bond donors (Lipinski definition) is 0. The maximum absolute atomic E-state index is 10.3. The van der Waals surface area contributed by atoms with Crippen LogP contribution >= 0.6 is 27.3 Å². The highest BCUT2D eigenvalue weighted by Gasteiger charge is 2.03. The molecule has 0 N–H and O–H groups in total. The molecule has 76 valence electrons. The van der Waals surface area contributed by atoms with E-state index in [2.05, 4.69) is 20.9 Å². The van der Waals surface area contributed by atoms with Gasteiger partial charge in [-0.1, -0.05) is 28.1 Å². The summed E-state index contributed by atoms with van der Waals surface area (Å²) in [4.78, 5) is 15.6. The molecule has 15 heavy (non-hydrogen) atoms. The van der Waals surface area contributed by atoms with Crippen molar-refractivity contribution in [3.63, 3.8) is 0 Å². The number of aldehydes is 1. The molecule has 2 rings (SSSR count). The van der Waals surface area contributed by atoms with Gasteiger partial charge in [0, 0.05) is 27.5 Å². The van der Waals surface area contributed by atoms with Gasteiger partial charge in [-0.15, -0.1) is 11.3 Å². The molecule has 0 fully saturated rings. The Hall–Kier alpha value is -1.000. The second-order valence-corrected chi connectivity index (χ2v) is 5.04. The highest BCUT2D eigenvalue weighted by Crippen LogP contribution is 2.26. The summed E-state index contributed by atoms with van der Waals surface area (Å²) in [6.07, 6.45) is 3.11. The third-order valence-electron chi connectivity index (χ3n) is 1.93. The summed E-state index contributed by atoms with van der Waals surface area (Å²) in [6, 6.07) is 7.98. The van der Waals surface area contributed by atoms with Crippen molar-refractivity contribution in [1.29, 1.82) is 0 Å². The highest BCUT2D eigenvalue weighted by molar-refractivity contribution is 9.10. The maximum atomic E-state index is 10.3. The molecule has 0 unspecified atom stereocenters. The Bertz CT molecular complexity index is 464. The molecule has 2 aromatic rings. The van der Waals surface area contributed by atoms with Gasteiger partial charge in [-0.25, -0.2) is 4.98 Å². The zero-order valence-corrected chi connectivity index (χ0v) is 10.2. The number of nitrogens with zero attached hydrogens (tertiary/aromatic N) is 1. The standard InChI is InChI=1S/C11H8BrNOS/c12-9-3-1-8(2-4-9)11-13-7-10(15-11)5-6-14/h1-4,6-7H,5H2. The third kappa shape index (κ3) is 2.52. The van der Waals surface area contributed by atoms with Crippen LogP contribution in [0, 0.1) is 0 Å². The van der Waals surface area contributed by atoms with Gasteiger partial charge in [0.2, 0.25) is 0 Å². The summed E-state index contributed by atoms with van der Waals surface area (Å²) in [5, 5.41) is 0.958. The largest absolute Gasteiger partial charge is 0.303 e. The third-order valence-corrected chi connectivity index (χ3v) is 3.53. The first-order valence-electron chi connectivity index (χ1n) is 4.44. The van der Waals surface area contributed by atoms with Crippen LogP contribution in [0.1, 0.15) is 4.88 Å². The summed E-state index contributed by atoms with van der Waals surface area (Å²) < 4.78 is 1.05. The van der Waals surface area contributed by atoms with Crippen LogP contribution in [-0.2, 0) is 11.2 Å². The average Bonchev–Trinajstić information content (AvgIpc) is 2.68. The van der Waals surface area contributed by atoms with Crippen LogP contribution in [0.2, 0.25) is 0 Å². The molecule has 0 saturated heterocycles. The Morgan fingerprint density at radius 3 is 2.73 bits per heavy atom. The lowest BCUT2D eigenvalue weighted by Crippen LogP contribution is -1.76. The quantitative estimate of drug-likeness (QED) is 0.808. The van der Waals surface area contributed by atoms with Crippen molar-refractivity contribution < 1.29 is 4.79 Å². The van der Waals surface area contributed by atoms with Crippen LogP contribution in [0.25, 0.3) is 10.6 Å². The van der Waals surface area contributed by atoms with E-state index in [4.69, 9.17) is 0 Å². The first-order valence-corrected chi connectivity index (χ1v) is 6.05. The summed E-state index contributed by atoms with van der Waals surface area (Å²) in [6.45, 7) is 0. The van der Waals surface area contributed by atoms with E-state index in [0.29, 0.717) is 6.42 Å². The molecule has 0 bridgehead atoms. The summed E-state index contributed by atoms with van der Waals surface area (Å²) in [7, 11) is 0. The molecule has 0 saturated carbocycles. The number of halogens is 1. The van der Waals surface area contributed by atoms with Crippen molar-refractivity contribution >= 4 is 33.6 Å². The zero-order valence-electron chi connectivity index (χ0n) is 7.81. The molecule has 0 aliphatic carbocycles. The summed E-state index contributed by atoms with van der Waals surface area (Å²) in [5.74, 6) is 0. The minimum atomic E-state index is 0.453. The topological polar surface area (TPSA) is 30.0 Å². The van der Waals surface area contributed by atoms with Gasteiger partial charge in [0.1, 0.15) is 11.3 Å². The van der Waals surface area contributed by atoms with E-state index < -0.39 is 0 Å². The smallest absolute Gasteiger partial charge is 0.125 e. The van der Waals surface area contributed by atoms with E-state index >= 15 is 0 Å². The fourth-order valence-electron chi connectivity index (χ4n) is 1.21. The molecular weight excluding hydrogens is 274 g/mol. The highest BCUT2D eigenvalue weighted by atomic mass is 79.9. The molecule has 4 heteroatoms. The Morgan fingerprint density at radius 2 is 2.07 bits per heavy atom. The molecule has 0 radical (unpaired) electrons. The number of rotatable bonds is 3. The average molecular weight is 282 g/mol. The Morgan fingerprint density at radius 1 is 1.33 bits per heavy atom. The first kappa shape index (κ1) is 10.5. The number of benzene rings is 1. The minimum absolute atomic E-state index is 0.453. The van der Waals surface area contributed by atoms with E-state index in [1.165, 1.54) is 0 Å². The monoisotopic (exact) mass is 281 g/mol. The summed E-state index contributed by atoms with van der Waals surface area (Å²) in [5.41, 5.74) is 1.08. The lowest BCUT2D eigenvalue weighted by atomic mass is 10.2. The molecule has 0 atom stereocenters. The number of carbonyl (C=O) groups excluding carboxylic acids is 1. The molecular formula is C11H8BrNOS. The zero-order chi connectivity index (χ0) is 10.7. The predicted octanol–water partition coefficient (Wildman–Crippen LogP) is 3.31. The van der Waals surface area contributed by atoms with Crippen molar-refractivity contribution in [3.05, 3.63) is 39.8 Å². The van der Waals surface area contributed by atoms with Crippen molar-refractivity contribution in [3.8, 4) is 10.6 Å². The minimum Gasteiger partial charge on any atom is -0.303 e. The fraction of sp³-hybridized carbons (Fsp3) is 0.0909. The van der Waals surface area contributed by atoms with Crippen LogP contribution < -0.4 is 0 Å². The van der Waals surface area contributed by atoms with Gasteiger partial charge in [-0.05, 0) is 12.1 Å². The second-order valence-electron chi connectivity index (χ2n) is 3.01. The van der Waals surface area contributed by atoms with E-state index in [-0.39, 0.29) is 0 Å². The van der Waals surface area contributed by atoms with Crippen LogP contribution in [-0.4, -0.2) is 11.3 Å². The molecule has 0 spiro atoms. The molecule has 0 amide bonds. The molecule has 2 nitrogen and oxygen atoms in total. The van der Waals surface area contributed by atoms with Gasteiger partial charge in [0.05, 0.1) is 0 Å². The van der Waals surface area contributed by atoms with Crippen LogP contribution in [0.15, 0.2) is 34.9 Å². The number of hydrogen-bond acceptors (Lipinski definition) is 3. The van der Waals surface area contributed by atoms with Gasteiger partial charge in [0.25, 0.3) is 0 Å².